The van der Waals surface area contributed by atoms with Crippen molar-refractivity contribution in [3.8, 4) is 5.75 Å². The summed E-state index contributed by atoms with van der Waals surface area (Å²) in [4.78, 5) is 0. The van der Waals surface area contributed by atoms with Crippen LogP contribution in [0.25, 0.3) is 0 Å². The monoisotopic (exact) mass is 251 g/mol. The van der Waals surface area contributed by atoms with E-state index in [-0.39, 0.29) is 12.3 Å². The molecule has 96 valence electrons. The third kappa shape index (κ3) is 5.04. The zero-order valence-electron chi connectivity index (χ0n) is 9.06. The second kappa shape index (κ2) is 5.86. The number of halogens is 4. The molecule has 6 heteroatoms. The van der Waals surface area contributed by atoms with Gasteiger partial charge in [0, 0.05) is 0 Å². The SMILES string of the molecule is NCCc1cc(F)ccc1OCCC(F)(F)F. The molecule has 0 aliphatic heterocycles. The Morgan fingerprint density at radius 2 is 1.94 bits per heavy atom. The number of ether oxygens (including phenoxy) is 1. The lowest BCUT2D eigenvalue weighted by molar-refractivity contribution is -0.139. The first-order chi connectivity index (χ1) is 7.92. The van der Waals surface area contributed by atoms with Crippen molar-refractivity contribution in [2.45, 2.75) is 19.0 Å². The first-order valence-corrected chi connectivity index (χ1v) is 5.10. The summed E-state index contributed by atoms with van der Waals surface area (Å²) in [7, 11) is 0. The Hall–Kier alpha value is -1.30. The molecule has 0 aromatic heterocycles. The molecule has 2 N–H and O–H groups in total. The van der Waals surface area contributed by atoms with Crippen LogP contribution < -0.4 is 10.5 Å². The highest BCUT2D eigenvalue weighted by Gasteiger charge is 2.26. The van der Waals surface area contributed by atoms with E-state index in [0.29, 0.717) is 12.0 Å². The summed E-state index contributed by atoms with van der Waals surface area (Å²) in [6.45, 7) is -0.203. The highest BCUT2D eigenvalue weighted by molar-refractivity contribution is 5.34. The molecule has 0 aliphatic rings. The van der Waals surface area contributed by atoms with Gasteiger partial charge in [0.1, 0.15) is 11.6 Å². The van der Waals surface area contributed by atoms with Gasteiger partial charge in [0.15, 0.2) is 0 Å². The second-order valence-electron chi connectivity index (χ2n) is 3.50. The Kier molecular flexibility index (Phi) is 4.74. The van der Waals surface area contributed by atoms with Gasteiger partial charge in [0.25, 0.3) is 0 Å². The highest BCUT2D eigenvalue weighted by atomic mass is 19.4. The van der Waals surface area contributed by atoms with E-state index in [1.54, 1.807) is 0 Å². The number of alkyl halides is 3. The fourth-order valence-electron chi connectivity index (χ4n) is 1.32. The number of hydrogen-bond donors (Lipinski definition) is 1. The Balaban J connectivity index is 2.63. The Morgan fingerprint density at radius 1 is 1.24 bits per heavy atom. The van der Waals surface area contributed by atoms with Crippen LogP contribution in [0.1, 0.15) is 12.0 Å². The molecule has 0 spiro atoms. The summed E-state index contributed by atoms with van der Waals surface area (Å²) in [5.41, 5.74) is 5.80. The molecule has 1 aromatic carbocycles. The lowest BCUT2D eigenvalue weighted by Crippen LogP contribution is -2.14. The maximum atomic E-state index is 12.9. The summed E-state index contributed by atoms with van der Waals surface area (Å²) in [5, 5.41) is 0. The van der Waals surface area contributed by atoms with Crippen molar-refractivity contribution < 1.29 is 22.3 Å². The fourth-order valence-corrected chi connectivity index (χ4v) is 1.32. The molecule has 0 bridgehead atoms. The van der Waals surface area contributed by atoms with E-state index in [0.717, 1.165) is 6.07 Å². The van der Waals surface area contributed by atoms with E-state index in [1.807, 2.05) is 0 Å². The summed E-state index contributed by atoms with van der Waals surface area (Å²) in [6.07, 6.45) is -4.93. The Bertz CT molecular complexity index is 365. The molecule has 1 rings (SSSR count). The standard InChI is InChI=1S/C11H13F4NO/c12-9-1-2-10(8(7-9)3-5-16)17-6-4-11(13,14)15/h1-2,7H,3-6,16H2. The van der Waals surface area contributed by atoms with Crippen LogP contribution in [0.3, 0.4) is 0 Å². The lowest BCUT2D eigenvalue weighted by Gasteiger charge is -2.12. The third-order valence-corrected chi connectivity index (χ3v) is 2.08. The number of nitrogens with two attached hydrogens (primary N) is 1. The molecular weight excluding hydrogens is 238 g/mol. The molecule has 0 heterocycles. The van der Waals surface area contributed by atoms with Gasteiger partial charge in [-0.15, -0.1) is 0 Å². The fraction of sp³-hybridized carbons (Fsp3) is 0.455. The van der Waals surface area contributed by atoms with Crippen LogP contribution in [-0.2, 0) is 6.42 Å². The number of rotatable bonds is 5. The summed E-state index contributed by atoms with van der Waals surface area (Å²) in [5.74, 6) is -0.210. The molecule has 0 amide bonds. The van der Waals surface area contributed by atoms with Gasteiger partial charge >= 0.3 is 6.18 Å². The lowest BCUT2D eigenvalue weighted by atomic mass is 10.1. The van der Waals surface area contributed by atoms with Crippen molar-refractivity contribution in [2.24, 2.45) is 5.73 Å². The van der Waals surface area contributed by atoms with Gasteiger partial charge in [-0.2, -0.15) is 13.2 Å². The van der Waals surface area contributed by atoms with E-state index in [4.69, 9.17) is 10.5 Å². The molecule has 17 heavy (non-hydrogen) atoms. The van der Waals surface area contributed by atoms with Crippen LogP contribution in [0, 0.1) is 5.82 Å². The Labute approximate surface area is 96.4 Å². The van der Waals surface area contributed by atoms with Crippen molar-refractivity contribution in [3.05, 3.63) is 29.6 Å². The molecule has 0 radical (unpaired) electrons. The first-order valence-electron chi connectivity index (χ1n) is 5.10. The second-order valence-corrected chi connectivity index (χ2v) is 3.50. The molecule has 0 saturated heterocycles. The summed E-state index contributed by atoms with van der Waals surface area (Å²) in [6, 6.07) is 3.68. The van der Waals surface area contributed by atoms with Gasteiger partial charge in [-0.1, -0.05) is 0 Å². The van der Waals surface area contributed by atoms with E-state index < -0.39 is 25.0 Å². The molecule has 0 unspecified atom stereocenters. The molecule has 0 atom stereocenters. The topological polar surface area (TPSA) is 35.2 Å². The number of hydrogen-bond acceptors (Lipinski definition) is 2. The van der Waals surface area contributed by atoms with Crippen molar-refractivity contribution in [3.63, 3.8) is 0 Å². The van der Waals surface area contributed by atoms with E-state index in [1.165, 1.54) is 12.1 Å². The predicted octanol–water partition coefficient (Wildman–Crippen LogP) is 2.66. The van der Waals surface area contributed by atoms with Gasteiger partial charge in [0.2, 0.25) is 0 Å². The molecule has 2 nitrogen and oxygen atoms in total. The van der Waals surface area contributed by atoms with Crippen molar-refractivity contribution in [2.75, 3.05) is 13.2 Å². The van der Waals surface area contributed by atoms with Gasteiger partial charge in [-0.25, -0.2) is 4.39 Å². The minimum atomic E-state index is -4.26. The van der Waals surface area contributed by atoms with Crippen molar-refractivity contribution in [1.29, 1.82) is 0 Å². The minimum absolute atomic E-state index is 0.251. The molecular formula is C11H13F4NO. The van der Waals surface area contributed by atoms with E-state index in [9.17, 15) is 17.6 Å². The van der Waals surface area contributed by atoms with Gasteiger partial charge in [-0.3, -0.25) is 0 Å². The summed E-state index contributed by atoms with van der Waals surface area (Å²) < 4.78 is 53.6. The highest BCUT2D eigenvalue weighted by Crippen LogP contribution is 2.23. The van der Waals surface area contributed by atoms with E-state index in [2.05, 4.69) is 0 Å². The van der Waals surface area contributed by atoms with Crippen molar-refractivity contribution in [1.82, 2.24) is 0 Å². The smallest absolute Gasteiger partial charge is 0.392 e. The third-order valence-electron chi connectivity index (χ3n) is 2.08. The van der Waals surface area contributed by atoms with Crippen LogP contribution in [-0.4, -0.2) is 19.3 Å². The molecule has 1 aromatic rings. The average molecular weight is 251 g/mol. The average Bonchev–Trinajstić information content (AvgIpc) is 2.20. The van der Waals surface area contributed by atoms with Crippen molar-refractivity contribution >= 4 is 0 Å². The zero-order chi connectivity index (χ0) is 12.9. The minimum Gasteiger partial charge on any atom is -0.493 e. The molecule has 0 fully saturated rings. The largest absolute Gasteiger partial charge is 0.493 e. The van der Waals surface area contributed by atoms with Crippen LogP contribution in [0.4, 0.5) is 17.6 Å². The van der Waals surface area contributed by atoms with Gasteiger partial charge in [0.05, 0.1) is 13.0 Å². The van der Waals surface area contributed by atoms with Gasteiger partial charge < -0.3 is 10.5 Å². The number of benzene rings is 1. The maximum Gasteiger partial charge on any atom is 0.392 e. The van der Waals surface area contributed by atoms with Crippen LogP contribution in [0.5, 0.6) is 5.75 Å². The maximum absolute atomic E-state index is 12.9. The van der Waals surface area contributed by atoms with E-state index >= 15 is 0 Å². The molecule has 0 saturated carbocycles. The predicted molar refractivity (Wildman–Crippen MR) is 55.3 cm³/mol. The van der Waals surface area contributed by atoms with Crippen LogP contribution >= 0.6 is 0 Å². The first kappa shape index (κ1) is 13.8. The quantitative estimate of drug-likeness (QED) is 0.816. The van der Waals surface area contributed by atoms with Crippen LogP contribution in [0.2, 0.25) is 0 Å². The Morgan fingerprint density at radius 3 is 2.53 bits per heavy atom. The zero-order valence-corrected chi connectivity index (χ0v) is 9.06. The summed E-state index contributed by atoms with van der Waals surface area (Å²) >= 11 is 0. The van der Waals surface area contributed by atoms with Gasteiger partial charge in [-0.05, 0) is 36.7 Å². The van der Waals surface area contributed by atoms with Crippen LogP contribution in [0.15, 0.2) is 18.2 Å². The molecule has 0 aliphatic carbocycles. The normalized spacial score (nSPS) is 11.6.